The van der Waals surface area contributed by atoms with E-state index >= 15 is 0 Å². The lowest BCUT2D eigenvalue weighted by atomic mass is 10.1. The summed E-state index contributed by atoms with van der Waals surface area (Å²) < 4.78 is 0. The number of hydrogen-bond acceptors (Lipinski definition) is 3. The molecule has 5 nitrogen and oxygen atoms in total. The summed E-state index contributed by atoms with van der Waals surface area (Å²) in [6.45, 7) is 2.25. The quantitative estimate of drug-likeness (QED) is 0.268. The fourth-order valence-corrected chi connectivity index (χ4v) is 1.94. The van der Waals surface area contributed by atoms with Gasteiger partial charge in [-0.25, -0.2) is 0 Å². The molecule has 0 saturated heterocycles. The third kappa shape index (κ3) is 26.4. The van der Waals surface area contributed by atoms with E-state index in [0.717, 1.165) is 12.8 Å². The second-order valence-corrected chi connectivity index (χ2v) is 4.79. The average molecular weight is 272 g/mol. The third-order valence-corrected chi connectivity index (χ3v) is 2.99. The minimum atomic E-state index is -0.657. The van der Waals surface area contributed by atoms with E-state index in [1.54, 1.807) is 0 Å². The van der Waals surface area contributed by atoms with E-state index < -0.39 is 5.97 Å². The number of carbonyl (C=O) groups is 1. The Labute approximate surface area is 116 Å². The van der Waals surface area contributed by atoms with Gasteiger partial charge in [0.15, 0.2) is 0 Å². The molecule has 0 aliphatic carbocycles. The van der Waals surface area contributed by atoms with Gasteiger partial charge in [-0.2, -0.15) is 0 Å². The number of aliphatic carboxylic acids is 1. The zero-order valence-corrected chi connectivity index (χ0v) is 12.3. The Bertz CT molecular complexity index is 227. The van der Waals surface area contributed by atoms with Crippen molar-refractivity contribution in [2.24, 2.45) is 0 Å². The highest BCUT2D eigenvalue weighted by Crippen LogP contribution is 2.11. The van der Waals surface area contributed by atoms with Crippen molar-refractivity contribution in [3.8, 4) is 0 Å². The van der Waals surface area contributed by atoms with Gasteiger partial charge in [0, 0.05) is 6.42 Å². The smallest absolute Gasteiger partial charge is 0.303 e. The molecule has 0 rings (SSSR count). The van der Waals surface area contributed by atoms with Crippen LogP contribution in [-0.4, -0.2) is 11.1 Å². The molecular weight excluding hydrogens is 242 g/mol. The molecule has 0 unspecified atom stereocenters. The first kappa shape index (κ1) is 20.1. The highest BCUT2D eigenvalue weighted by atomic mass is 16.4. The van der Waals surface area contributed by atoms with Crippen LogP contribution in [0.5, 0.6) is 0 Å². The van der Waals surface area contributed by atoms with Gasteiger partial charge in [-0.1, -0.05) is 71.1 Å². The molecule has 0 aliphatic heterocycles. The van der Waals surface area contributed by atoms with E-state index in [1.165, 1.54) is 57.8 Å². The minimum Gasteiger partial charge on any atom is -0.481 e. The van der Waals surface area contributed by atoms with Crippen molar-refractivity contribution >= 4 is 5.97 Å². The van der Waals surface area contributed by atoms with Crippen LogP contribution in [0, 0.1) is 11.1 Å². The molecule has 0 spiro atoms. The Kier molecular flexibility index (Phi) is 20.2. The van der Waals surface area contributed by atoms with Gasteiger partial charge in [-0.3, -0.25) is 4.79 Å². The standard InChI is InChI=1S/C14H28O2.H2N3/c1-2-3-4-5-6-7-8-9-10-11-12-13-14(15)16;1-3-2/h2-13H2,1H3,(H,15,16);1-2H/q;+1. The molecule has 0 bridgehead atoms. The number of nitrogens with zero attached hydrogens (tertiary/aromatic N) is 1. The highest BCUT2D eigenvalue weighted by molar-refractivity contribution is 5.66. The second-order valence-electron chi connectivity index (χ2n) is 4.79. The highest BCUT2D eigenvalue weighted by Gasteiger charge is 1.96. The first-order valence-corrected chi connectivity index (χ1v) is 7.44. The summed E-state index contributed by atoms with van der Waals surface area (Å²) in [7, 11) is 0. The summed E-state index contributed by atoms with van der Waals surface area (Å²) in [5.41, 5.74) is 11.0. The molecule has 0 aromatic carbocycles. The number of nitrogens with one attached hydrogen (secondary N) is 2. The SMILES string of the molecule is CCCCCCCCCCCCCC(=O)O.N=[N+]=N. The fraction of sp³-hybridized carbons (Fsp3) is 0.929. The maximum absolute atomic E-state index is 10.3. The molecule has 0 fully saturated rings. The summed E-state index contributed by atoms with van der Waals surface area (Å²) in [5.74, 6) is -0.657. The van der Waals surface area contributed by atoms with Crippen LogP contribution in [0.3, 0.4) is 0 Å². The van der Waals surface area contributed by atoms with E-state index in [-0.39, 0.29) is 0 Å². The van der Waals surface area contributed by atoms with Gasteiger partial charge in [0.2, 0.25) is 4.91 Å². The fourth-order valence-electron chi connectivity index (χ4n) is 1.94. The Hall–Kier alpha value is -1.22. The van der Waals surface area contributed by atoms with E-state index in [1.807, 2.05) is 4.91 Å². The number of unbranched alkanes of at least 4 members (excludes halogenated alkanes) is 10. The van der Waals surface area contributed by atoms with Crippen molar-refractivity contribution < 1.29 is 9.90 Å². The van der Waals surface area contributed by atoms with Crippen LogP contribution in [0.4, 0.5) is 0 Å². The molecular formula is C14H30N3O2+. The maximum atomic E-state index is 10.3. The second kappa shape index (κ2) is 19.1. The first-order chi connectivity index (χ1) is 9.18. The van der Waals surface area contributed by atoms with Crippen LogP contribution in [0.2, 0.25) is 0 Å². The summed E-state index contributed by atoms with van der Waals surface area (Å²) in [4.78, 5) is 12.3. The molecule has 19 heavy (non-hydrogen) atoms. The summed E-state index contributed by atoms with van der Waals surface area (Å²) in [6, 6.07) is 0. The molecule has 0 saturated carbocycles. The van der Waals surface area contributed by atoms with E-state index in [9.17, 15) is 4.79 Å². The molecule has 0 aromatic rings. The van der Waals surface area contributed by atoms with Crippen LogP contribution < -0.4 is 4.91 Å². The van der Waals surface area contributed by atoms with Crippen molar-refractivity contribution in [1.29, 1.82) is 11.1 Å². The predicted octanol–water partition coefficient (Wildman–Crippen LogP) is 4.89. The third-order valence-electron chi connectivity index (χ3n) is 2.99. The van der Waals surface area contributed by atoms with E-state index in [0.29, 0.717) is 6.42 Å². The van der Waals surface area contributed by atoms with Gasteiger partial charge in [-0.15, -0.1) is 0 Å². The molecule has 0 atom stereocenters. The number of carboxylic acids is 1. The molecule has 0 heterocycles. The van der Waals surface area contributed by atoms with Gasteiger partial charge in [-0.05, 0) is 6.42 Å². The zero-order chi connectivity index (χ0) is 14.8. The van der Waals surface area contributed by atoms with Gasteiger partial charge < -0.3 is 5.11 Å². The van der Waals surface area contributed by atoms with Crippen LogP contribution >= 0.6 is 0 Å². The van der Waals surface area contributed by atoms with Crippen molar-refractivity contribution in [2.75, 3.05) is 0 Å². The topological polar surface area (TPSA) is 99.1 Å². The van der Waals surface area contributed by atoms with Gasteiger partial charge >= 0.3 is 5.97 Å². The van der Waals surface area contributed by atoms with Crippen molar-refractivity contribution in [2.45, 2.75) is 84.0 Å². The van der Waals surface area contributed by atoms with E-state index in [2.05, 4.69) is 6.92 Å². The van der Waals surface area contributed by atoms with Crippen LogP contribution in [0.15, 0.2) is 0 Å². The Balaban J connectivity index is 0. The maximum Gasteiger partial charge on any atom is 0.303 e. The minimum absolute atomic E-state index is 0.344. The molecule has 0 aromatic heterocycles. The normalized spacial score (nSPS) is 9.32. The molecule has 3 N–H and O–H groups in total. The molecule has 0 aliphatic rings. The molecule has 0 amide bonds. The molecule has 0 radical (unpaired) electrons. The monoisotopic (exact) mass is 272 g/mol. The van der Waals surface area contributed by atoms with Crippen LogP contribution in [0.25, 0.3) is 0 Å². The number of rotatable bonds is 12. The van der Waals surface area contributed by atoms with Crippen molar-refractivity contribution in [1.82, 2.24) is 4.91 Å². The number of carboxylic acid groups (broad SMARTS) is 1. The Morgan fingerprint density at radius 1 is 0.842 bits per heavy atom. The zero-order valence-electron chi connectivity index (χ0n) is 12.3. The van der Waals surface area contributed by atoms with Crippen LogP contribution in [0.1, 0.15) is 84.0 Å². The molecule has 5 heteroatoms. The first-order valence-electron chi connectivity index (χ1n) is 7.44. The Morgan fingerprint density at radius 2 is 1.16 bits per heavy atom. The van der Waals surface area contributed by atoms with Gasteiger partial charge in [0.25, 0.3) is 0 Å². The van der Waals surface area contributed by atoms with Crippen molar-refractivity contribution in [3.63, 3.8) is 0 Å². The average Bonchev–Trinajstić information content (AvgIpc) is 2.36. The largest absolute Gasteiger partial charge is 0.481 e. The summed E-state index contributed by atoms with van der Waals surface area (Å²) in [6.07, 6.45) is 14.4. The lowest BCUT2D eigenvalue weighted by molar-refractivity contribution is -0.137. The summed E-state index contributed by atoms with van der Waals surface area (Å²) in [5, 5.41) is 8.46. The van der Waals surface area contributed by atoms with Crippen molar-refractivity contribution in [3.05, 3.63) is 0 Å². The Morgan fingerprint density at radius 3 is 1.47 bits per heavy atom. The number of hydrogen-bond donors (Lipinski definition) is 3. The summed E-state index contributed by atoms with van der Waals surface area (Å²) >= 11 is 0. The predicted molar refractivity (Wildman–Crippen MR) is 76.3 cm³/mol. The van der Waals surface area contributed by atoms with E-state index in [4.69, 9.17) is 16.2 Å². The van der Waals surface area contributed by atoms with Gasteiger partial charge in [0.05, 0.1) is 0 Å². The lowest BCUT2D eigenvalue weighted by Gasteiger charge is -2.01. The van der Waals surface area contributed by atoms with Crippen LogP contribution in [-0.2, 0) is 4.79 Å². The molecule has 112 valence electrons. The van der Waals surface area contributed by atoms with Gasteiger partial charge in [0.1, 0.15) is 11.1 Å². The lowest BCUT2D eigenvalue weighted by Crippen LogP contribution is -1.93.